The number of carbonyl (C=O) groups is 1. The van der Waals surface area contributed by atoms with Gasteiger partial charge in [0.15, 0.2) is 6.10 Å². The average Bonchev–Trinajstić information content (AvgIpc) is 2.12. The van der Waals surface area contributed by atoms with Crippen molar-refractivity contribution in [1.82, 2.24) is 0 Å². The molecule has 1 radical (unpaired) electrons. The zero-order chi connectivity index (χ0) is 5.98. The van der Waals surface area contributed by atoms with E-state index in [1.54, 1.807) is 0 Å². The maximum atomic E-state index is 9.98. The molecule has 0 bridgehead atoms. The summed E-state index contributed by atoms with van der Waals surface area (Å²) < 4.78 is 8.96. The van der Waals surface area contributed by atoms with E-state index < -0.39 is 12.1 Å². The van der Waals surface area contributed by atoms with Gasteiger partial charge in [-0.1, -0.05) is 0 Å². The van der Waals surface area contributed by atoms with Crippen molar-refractivity contribution in [1.29, 1.82) is 0 Å². The van der Waals surface area contributed by atoms with Crippen LogP contribution in [0.25, 0.3) is 0 Å². The Morgan fingerprint density at radius 1 is 1.88 bits per heavy atom. The first-order valence-electron chi connectivity index (χ1n) is 2.12. The number of hydrogen-bond acceptors (Lipinski definition) is 3. The van der Waals surface area contributed by atoms with Gasteiger partial charge in [-0.15, -0.1) is 0 Å². The Balaban J connectivity index is 2.35. The minimum atomic E-state index is -0.987. The molecular formula is C4H5O4. The summed E-state index contributed by atoms with van der Waals surface area (Å²) in [5, 5.41) is 8.19. The molecule has 1 fully saturated rings. The second kappa shape index (κ2) is 2.11. The van der Waals surface area contributed by atoms with Gasteiger partial charge in [0, 0.05) is 0 Å². The van der Waals surface area contributed by atoms with E-state index in [4.69, 9.17) is 5.11 Å². The van der Waals surface area contributed by atoms with Crippen molar-refractivity contribution >= 4 is 5.97 Å². The third-order valence-corrected chi connectivity index (χ3v) is 0.811. The predicted molar refractivity (Wildman–Crippen MR) is 22.8 cm³/mol. The monoisotopic (exact) mass is 117 g/mol. The predicted octanol–water partition coefficient (Wildman–Crippen LogP) is -0.394. The average molecular weight is 117 g/mol. The maximum Gasteiger partial charge on any atom is 0.335 e. The van der Waals surface area contributed by atoms with Gasteiger partial charge < -0.3 is 14.6 Å². The van der Waals surface area contributed by atoms with Gasteiger partial charge in [0.25, 0.3) is 0 Å². The molecule has 1 atom stereocenters. The quantitative estimate of drug-likeness (QED) is 0.508. The molecule has 45 valence electrons. The molecule has 4 heteroatoms. The minimum Gasteiger partial charge on any atom is -0.479 e. The fourth-order valence-electron chi connectivity index (χ4n) is 0.402. The lowest BCUT2D eigenvalue weighted by molar-refractivity contribution is -0.145. The van der Waals surface area contributed by atoms with E-state index in [9.17, 15) is 4.79 Å². The van der Waals surface area contributed by atoms with Crippen LogP contribution in [0, 0.1) is 6.79 Å². The summed E-state index contributed by atoms with van der Waals surface area (Å²) in [5.41, 5.74) is 0. The lowest BCUT2D eigenvalue weighted by Crippen LogP contribution is -2.21. The minimum absolute atomic E-state index is 0.120. The van der Waals surface area contributed by atoms with E-state index in [0.29, 0.717) is 0 Å². The molecule has 0 aliphatic carbocycles. The molecule has 4 nitrogen and oxygen atoms in total. The van der Waals surface area contributed by atoms with Crippen LogP contribution < -0.4 is 0 Å². The Labute approximate surface area is 46.0 Å². The summed E-state index contributed by atoms with van der Waals surface area (Å²) in [7, 11) is 0. The van der Waals surface area contributed by atoms with Crippen LogP contribution in [0.5, 0.6) is 0 Å². The van der Waals surface area contributed by atoms with Gasteiger partial charge in [-0.3, -0.25) is 0 Å². The number of carboxylic acid groups (broad SMARTS) is 1. The van der Waals surface area contributed by atoms with E-state index in [1.807, 2.05) is 0 Å². The molecule has 0 unspecified atom stereocenters. The van der Waals surface area contributed by atoms with E-state index in [2.05, 4.69) is 9.47 Å². The van der Waals surface area contributed by atoms with Gasteiger partial charge in [0.1, 0.15) is 0 Å². The third-order valence-electron chi connectivity index (χ3n) is 0.811. The van der Waals surface area contributed by atoms with Crippen molar-refractivity contribution in [2.24, 2.45) is 0 Å². The Bertz CT molecular complexity index is 94.2. The molecule has 1 N–H and O–H groups in total. The molecule has 1 aliphatic heterocycles. The van der Waals surface area contributed by atoms with Gasteiger partial charge in [-0.2, -0.15) is 0 Å². The Morgan fingerprint density at radius 3 is 2.88 bits per heavy atom. The first-order valence-corrected chi connectivity index (χ1v) is 2.12. The largest absolute Gasteiger partial charge is 0.479 e. The lowest BCUT2D eigenvalue weighted by Gasteiger charge is -1.95. The molecule has 0 saturated carbocycles. The second-order valence-corrected chi connectivity index (χ2v) is 1.39. The molecule has 8 heavy (non-hydrogen) atoms. The normalized spacial score (nSPS) is 28.2. The van der Waals surface area contributed by atoms with Crippen molar-refractivity contribution in [2.75, 3.05) is 6.61 Å². The van der Waals surface area contributed by atoms with Gasteiger partial charge in [0.2, 0.25) is 6.79 Å². The molecule has 0 aromatic carbocycles. The Morgan fingerprint density at radius 2 is 2.62 bits per heavy atom. The number of hydrogen-bond donors (Lipinski definition) is 1. The molecule has 0 amide bonds. The van der Waals surface area contributed by atoms with Crippen LogP contribution in [0.2, 0.25) is 0 Å². The van der Waals surface area contributed by atoms with E-state index in [1.165, 1.54) is 0 Å². The van der Waals surface area contributed by atoms with Crippen molar-refractivity contribution in [2.45, 2.75) is 6.10 Å². The van der Waals surface area contributed by atoms with Gasteiger partial charge in [-0.25, -0.2) is 4.79 Å². The van der Waals surface area contributed by atoms with Crippen molar-refractivity contribution in [3.05, 3.63) is 6.79 Å². The molecule has 1 heterocycles. The summed E-state index contributed by atoms with van der Waals surface area (Å²) in [5.74, 6) is -0.987. The molecule has 0 aromatic heterocycles. The number of ether oxygens (including phenoxy) is 2. The summed E-state index contributed by atoms with van der Waals surface area (Å²) in [6.45, 7) is 1.16. The zero-order valence-electron chi connectivity index (χ0n) is 4.03. The number of carboxylic acids is 1. The van der Waals surface area contributed by atoms with E-state index in [0.717, 1.165) is 6.79 Å². The van der Waals surface area contributed by atoms with E-state index >= 15 is 0 Å². The van der Waals surface area contributed by atoms with Gasteiger partial charge in [-0.05, 0) is 0 Å². The van der Waals surface area contributed by atoms with Crippen LogP contribution in [-0.2, 0) is 14.3 Å². The molecule has 1 aliphatic rings. The molecule has 0 aromatic rings. The highest BCUT2D eigenvalue weighted by atomic mass is 16.7. The van der Waals surface area contributed by atoms with Crippen LogP contribution in [0.3, 0.4) is 0 Å². The van der Waals surface area contributed by atoms with Crippen molar-refractivity contribution in [3.8, 4) is 0 Å². The van der Waals surface area contributed by atoms with Gasteiger partial charge >= 0.3 is 5.97 Å². The molecule has 0 spiro atoms. The van der Waals surface area contributed by atoms with Crippen LogP contribution >= 0.6 is 0 Å². The van der Waals surface area contributed by atoms with Crippen LogP contribution in [0.15, 0.2) is 0 Å². The lowest BCUT2D eigenvalue weighted by atomic mass is 10.4. The van der Waals surface area contributed by atoms with Crippen molar-refractivity contribution < 1.29 is 19.4 Å². The maximum absolute atomic E-state index is 9.98. The number of rotatable bonds is 1. The van der Waals surface area contributed by atoms with Crippen LogP contribution in [0.4, 0.5) is 0 Å². The van der Waals surface area contributed by atoms with Crippen molar-refractivity contribution in [3.63, 3.8) is 0 Å². The summed E-state index contributed by atoms with van der Waals surface area (Å²) >= 11 is 0. The smallest absolute Gasteiger partial charge is 0.335 e. The summed E-state index contributed by atoms with van der Waals surface area (Å²) in [6.07, 6.45) is -0.796. The number of aliphatic carboxylic acids is 1. The fourth-order valence-corrected chi connectivity index (χ4v) is 0.402. The summed E-state index contributed by atoms with van der Waals surface area (Å²) in [4.78, 5) is 9.98. The van der Waals surface area contributed by atoms with Crippen LogP contribution in [-0.4, -0.2) is 23.8 Å². The molecule has 1 saturated heterocycles. The third kappa shape index (κ3) is 0.962. The fraction of sp³-hybridized carbons (Fsp3) is 0.500. The molecule has 1 rings (SSSR count). The standard InChI is InChI=1S/C4H5O4/c5-4(6)3-1-7-2-8-3/h2-3H,1H2,(H,5,6)/t3-/m1/s1. The molecular weight excluding hydrogens is 112 g/mol. The second-order valence-electron chi connectivity index (χ2n) is 1.39. The summed E-state index contributed by atoms with van der Waals surface area (Å²) in [6, 6.07) is 0. The highest BCUT2D eigenvalue weighted by Crippen LogP contribution is 2.05. The van der Waals surface area contributed by atoms with Gasteiger partial charge in [0.05, 0.1) is 6.61 Å². The first-order chi connectivity index (χ1) is 3.80. The first kappa shape index (κ1) is 5.53. The topological polar surface area (TPSA) is 55.8 Å². The Kier molecular flexibility index (Phi) is 1.45. The van der Waals surface area contributed by atoms with Crippen LogP contribution in [0.1, 0.15) is 0 Å². The highest BCUT2D eigenvalue weighted by Gasteiger charge is 2.23. The van der Waals surface area contributed by atoms with E-state index in [-0.39, 0.29) is 6.61 Å². The zero-order valence-corrected chi connectivity index (χ0v) is 4.03. The highest BCUT2D eigenvalue weighted by molar-refractivity contribution is 5.72. The Hall–Kier alpha value is -0.610. The SMILES string of the molecule is O=C(O)[C@H]1CO[CH]O1.